The molecule has 5 nitrogen and oxygen atoms in total. The largest absolute Gasteiger partial charge is 0.492 e. The van der Waals surface area contributed by atoms with Crippen LogP contribution in [-0.4, -0.2) is 19.7 Å². The quantitative estimate of drug-likeness (QED) is 0.335. The molecule has 2 unspecified atom stereocenters. The zero-order chi connectivity index (χ0) is 23.8. The van der Waals surface area contributed by atoms with Gasteiger partial charge in [-0.15, -0.1) is 0 Å². The fourth-order valence-corrected chi connectivity index (χ4v) is 4.82. The lowest BCUT2D eigenvalue weighted by molar-refractivity contribution is -0.141. The topological polar surface area (TPSA) is 54.0 Å². The fourth-order valence-electron chi connectivity index (χ4n) is 4.48. The Morgan fingerprint density at radius 2 is 1.91 bits per heavy atom. The van der Waals surface area contributed by atoms with E-state index in [9.17, 15) is 13.6 Å². The van der Waals surface area contributed by atoms with Crippen molar-refractivity contribution in [3.8, 4) is 23.0 Å². The van der Waals surface area contributed by atoms with E-state index in [1.54, 1.807) is 18.2 Å². The summed E-state index contributed by atoms with van der Waals surface area (Å²) in [4.78, 5) is 11.6. The van der Waals surface area contributed by atoms with Gasteiger partial charge in [-0.1, -0.05) is 22.0 Å². The maximum Gasteiger partial charge on any atom is 0.306 e. The first kappa shape index (κ1) is 22.7. The van der Waals surface area contributed by atoms with E-state index in [1.165, 1.54) is 31.4 Å². The van der Waals surface area contributed by atoms with Crippen LogP contribution in [-0.2, 0) is 16.0 Å². The van der Waals surface area contributed by atoms with Gasteiger partial charge in [0.15, 0.2) is 11.6 Å². The Morgan fingerprint density at radius 1 is 1.09 bits per heavy atom. The minimum Gasteiger partial charge on any atom is -0.492 e. The smallest absolute Gasteiger partial charge is 0.306 e. The molecular formula is C26H21BrF2O5. The van der Waals surface area contributed by atoms with Gasteiger partial charge in [-0.3, -0.25) is 4.79 Å². The third kappa shape index (κ3) is 4.34. The summed E-state index contributed by atoms with van der Waals surface area (Å²) >= 11 is 3.31. The molecule has 0 bridgehead atoms. The van der Waals surface area contributed by atoms with E-state index in [0.717, 1.165) is 5.56 Å². The maximum atomic E-state index is 14.8. The monoisotopic (exact) mass is 530 g/mol. The predicted molar refractivity (Wildman–Crippen MR) is 124 cm³/mol. The average molecular weight is 531 g/mol. The van der Waals surface area contributed by atoms with Gasteiger partial charge >= 0.3 is 5.97 Å². The minimum atomic E-state index is -0.517. The highest BCUT2D eigenvalue weighted by Gasteiger charge is 2.32. The van der Waals surface area contributed by atoms with Crippen molar-refractivity contribution >= 4 is 21.9 Å². The van der Waals surface area contributed by atoms with Crippen molar-refractivity contribution in [1.82, 2.24) is 0 Å². The molecule has 0 aromatic heterocycles. The molecule has 0 saturated carbocycles. The zero-order valence-electron chi connectivity index (χ0n) is 18.3. The highest BCUT2D eigenvalue weighted by Crippen LogP contribution is 2.44. The number of hydrogen-bond donors (Lipinski definition) is 0. The summed E-state index contributed by atoms with van der Waals surface area (Å²) in [7, 11) is 1.36. The van der Waals surface area contributed by atoms with Crippen molar-refractivity contribution in [2.24, 2.45) is 0 Å². The third-order valence-corrected chi connectivity index (χ3v) is 6.63. The number of esters is 1. The van der Waals surface area contributed by atoms with E-state index < -0.39 is 17.7 Å². The third-order valence-electron chi connectivity index (χ3n) is 6.14. The fraction of sp³-hybridized carbons (Fsp3) is 0.269. The van der Waals surface area contributed by atoms with Crippen LogP contribution in [0.5, 0.6) is 23.0 Å². The van der Waals surface area contributed by atoms with Crippen LogP contribution >= 0.6 is 15.9 Å². The second-order valence-corrected chi connectivity index (χ2v) is 9.16. The molecule has 1 aliphatic heterocycles. The van der Waals surface area contributed by atoms with Gasteiger partial charge in [0.05, 0.1) is 20.1 Å². The molecule has 1 heterocycles. The maximum absolute atomic E-state index is 14.8. The summed E-state index contributed by atoms with van der Waals surface area (Å²) in [6.07, 6.45) is 0.810. The lowest BCUT2D eigenvalue weighted by atomic mass is 9.98. The molecule has 0 fully saturated rings. The number of rotatable bonds is 6. The van der Waals surface area contributed by atoms with Gasteiger partial charge in [-0.25, -0.2) is 8.78 Å². The van der Waals surface area contributed by atoms with E-state index in [-0.39, 0.29) is 24.1 Å². The first-order valence-electron chi connectivity index (χ1n) is 10.9. The van der Waals surface area contributed by atoms with Crippen LogP contribution in [0.25, 0.3) is 0 Å². The van der Waals surface area contributed by atoms with E-state index in [1.807, 2.05) is 6.07 Å². The lowest BCUT2D eigenvalue weighted by Crippen LogP contribution is -2.09. The Kier molecular flexibility index (Phi) is 6.16. The second-order valence-electron chi connectivity index (χ2n) is 8.25. The van der Waals surface area contributed by atoms with Crippen molar-refractivity contribution in [2.75, 3.05) is 13.7 Å². The lowest BCUT2D eigenvalue weighted by Gasteiger charge is -2.17. The van der Waals surface area contributed by atoms with E-state index in [0.29, 0.717) is 52.3 Å². The number of carbonyl (C=O) groups excluding carboxylic acids is 1. The first-order chi connectivity index (χ1) is 16.4. The van der Waals surface area contributed by atoms with Gasteiger partial charge in [-0.2, -0.15) is 0 Å². The molecule has 0 saturated heterocycles. The van der Waals surface area contributed by atoms with Crippen molar-refractivity contribution in [3.05, 3.63) is 81.3 Å². The molecule has 0 spiro atoms. The Morgan fingerprint density at radius 3 is 2.74 bits per heavy atom. The number of benzene rings is 3. The van der Waals surface area contributed by atoms with Gasteiger partial charge in [0.1, 0.15) is 29.2 Å². The van der Waals surface area contributed by atoms with Crippen LogP contribution in [0.4, 0.5) is 8.78 Å². The van der Waals surface area contributed by atoms with Crippen LogP contribution in [0.1, 0.15) is 41.6 Å². The summed E-state index contributed by atoms with van der Waals surface area (Å²) in [5, 5.41) is 0. The summed E-state index contributed by atoms with van der Waals surface area (Å²) in [6.45, 7) is 0.391. The van der Waals surface area contributed by atoms with Crippen molar-refractivity contribution < 1.29 is 32.5 Å². The summed E-state index contributed by atoms with van der Waals surface area (Å²) in [6, 6.07) is 12.7. The molecule has 0 radical (unpaired) electrons. The summed E-state index contributed by atoms with van der Waals surface area (Å²) < 4.78 is 52.2. The molecular weight excluding hydrogens is 510 g/mol. The molecule has 0 N–H and O–H groups in total. The number of hydrogen-bond acceptors (Lipinski definition) is 5. The molecule has 8 heteroatoms. The second kappa shape index (κ2) is 9.25. The molecule has 0 amide bonds. The van der Waals surface area contributed by atoms with Crippen LogP contribution in [0.3, 0.4) is 0 Å². The Labute approximate surface area is 203 Å². The minimum absolute atomic E-state index is 0.0600. The first-order valence-corrected chi connectivity index (χ1v) is 11.7. The van der Waals surface area contributed by atoms with Crippen LogP contribution < -0.4 is 14.2 Å². The van der Waals surface area contributed by atoms with E-state index >= 15 is 0 Å². The van der Waals surface area contributed by atoms with Crippen molar-refractivity contribution in [1.29, 1.82) is 0 Å². The molecule has 1 aliphatic carbocycles. The van der Waals surface area contributed by atoms with Crippen molar-refractivity contribution in [3.63, 3.8) is 0 Å². The standard InChI is InChI=1S/C26H21BrF2O5/c1-31-25(30)10-14-13-32-23-12-16(3-4-17(14)23)33-22-8-5-18-21(9-7-20(29)26(18)22)34-24-11-15(27)2-6-19(24)28/h2-4,6-7,9,11-12,14,22H,5,8,10,13H2,1H3. The SMILES string of the molecule is COC(=O)CC1COc2cc(OC3CCc4c(Oc5cc(Br)ccc5F)ccc(F)c43)ccc21. The number of fused-ring (bicyclic) bond motifs is 2. The van der Waals surface area contributed by atoms with Gasteiger partial charge in [0, 0.05) is 33.1 Å². The molecule has 176 valence electrons. The molecule has 34 heavy (non-hydrogen) atoms. The summed E-state index contributed by atoms with van der Waals surface area (Å²) in [5.41, 5.74) is 2.00. The number of ether oxygens (including phenoxy) is 4. The van der Waals surface area contributed by atoms with E-state index in [2.05, 4.69) is 15.9 Å². The van der Waals surface area contributed by atoms with Gasteiger partial charge in [0.25, 0.3) is 0 Å². The van der Waals surface area contributed by atoms with Gasteiger partial charge in [0.2, 0.25) is 0 Å². The number of halogens is 3. The van der Waals surface area contributed by atoms with Gasteiger partial charge in [-0.05, 0) is 49.2 Å². The normalized spacial score (nSPS) is 18.1. The van der Waals surface area contributed by atoms with Crippen LogP contribution in [0.2, 0.25) is 0 Å². The number of methoxy groups -OCH3 is 1. The van der Waals surface area contributed by atoms with Gasteiger partial charge < -0.3 is 18.9 Å². The Hall–Kier alpha value is -3.13. The Balaban J connectivity index is 1.37. The Bertz CT molecular complexity index is 1260. The number of carbonyl (C=O) groups is 1. The molecule has 2 atom stereocenters. The van der Waals surface area contributed by atoms with E-state index in [4.69, 9.17) is 18.9 Å². The molecule has 3 aromatic carbocycles. The molecule has 3 aromatic rings. The molecule has 2 aliphatic rings. The van der Waals surface area contributed by atoms with Crippen LogP contribution in [0, 0.1) is 11.6 Å². The highest BCUT2D eigenvalue weighted by atomic mass is 79.9. The highest BCUT2D eigenvalue weighted by molar-refractivity contribution is 9.10. The molecule has 5 rings (SSSR count). The average Bonchev–Trinajstić information content (AvgIpc) is 3.43. The van der Waals surface area contributed by atoms with Crippen LogP contribution in [0.15, 0.2) is 53.0 Å². The predicted octanol–water partition coefficient (Wildman–Crippen LogP) is 6.63. The van der Waals surface area contributed by atoms with Crippen molar-refractivity contribution in [2.45, 2.75) is 31.3 Å². The zero-order valence-corrected chi connectivity index (χ0v) is 19.9. The summed E-state index contributed by atoms with van der Waals surface area (Å²) in [5.74, 6) is 0.393.